The first-order chi connectivity index (χ1) is 8.69. The lowest BCUT2D eigenvalue weighted by Crippen LogP contribution is -2.38. The van der Waals surface area contributed by atoms with Crippen LogP contribution in [0.25, 0.3) is 0 Å². The van der Waals surface area contributed by atoms with Gasteiger partial charge in [-0.3, -0.25) is 4.68 Å². The van der Waals surface area contributed by atoms with Gasteiger partial charge in [0.1, 0.15) is 0 Å². The Kier molecular flexibility index (Phi) is 4.44. The molecule has 3 atom stereocenters. The van der Waals surface area contributed by atoms with Crippen molar-refractivity contribution in [3.8, 4) is 0 Å². The number of nitrogens with two attached hydrogens (primary N) is 1. The summed E-state index contributed by atoms with van der Waals surface area (Å²) in [5, 5.41) is 4.78. The normalized spacial score (nSPS) is 28.6. The van der Waals surface area contributed by atoms with Gasteiger partial charge in [0.2, 0.25) is 0 Å². The lowest BCUT2D eigenvalue weighted by Gasteiger charge is -2.34. The summed E-state index contributed by atoms with van der Waals surface area (Å²) in [4.78, 5) is 0. The summed E-state index contributed by atoms with van der Waals surface area (Å²) in [6.07, 6.45) is 6.97. The second-order valence-corrected chi connectivity index (χ2v) is 5.60. The lowest BCUT2D eigenvalue weighted by atomic mass is 9.81. The van der Waals surface area contributed by atoms with E-state index in [4.69, 9.17) is 10.8 Å². The van der Waals surface area contributed by atoms with Gasteiger partial charge in [-0.1, -0.05) is 27.2 Å². The number of hydrogen-bond acceptors (Lipinski definition) is 2. The molecule has 1 aromatic heterocycles. The average molecular weight is 249 g/mol. The minimum Gasteiger partial charge on any atom is -0.326 e. The first-order valence-electron chi connectivity index (χ1n) is 7.52. The number of hydrogen-bond donors (Lipinski definition) is 1. The molecule has 0 radical (unpaired) electrons. The Morgan fingerprint density at radius 2 is 2.06 bits per heavy atom. The number of rotatable bonds is 4. The van der Waals surface area contributed by atoms with Crippen LogP contribution in [0, 0.1) is 5.92 Å². The predicted octanol–water partition coefficient (Wildman–Crippen LogP) is 3.09. The molecule has 3 heteroatoms. The van der Waals surface area contributed by atoms with Gasteiger partial charge in [0.05, 0.1) is 11.7 Å². The Morgan fingerprint density at radius 3 is 2.67 bits per heavy atom. The zero-order chi connectivity index (χ0) is 13.1. The van der Waals surface area contributed by atoms with Gasteiger partial charge in [-0.15, -0.1) is 0 Å². The highest BCUT2D eigenvalue weighted by Gasteiger charge is 2.30. The summed E-state index contributed by atoms with van der Waals surface area (Å²) in [6.45, 7) is 6.67. The SMILES string of the molecule is CCc1cc(CC)n(C2CC(CC)CCC2N)n1. The summed E-state index contributed by atoms with van der Waals surface area (Å²) in [7, 11) is 0. The van der Waals surface area contributed by atoms with Crippen molar-refractivity contribution >= 4 is 0 Å². The van der Waals surface area contributed by atoms with Crippen molar-refractivity contribution < 1.29 is 0 Å². The van der Waals surface area contributed by atoms with Crippen molar-refractivity contribution in [2.24, 2.45) is 11.7 Å². The van der Waals surface area contributed by atoms with Crippen LogP contribution in [0.4, 0.5) is 0 Å². The van der Waals surface area contributed by atoms with Gasteiger partial charge >= 0.3 is 0 Å². The van der Waals surface area contributed by atoms with Crippen molar-refractivity contribution in [1.82, 2.24) is 9.78 Å². The third-order valence-electron chi connectivity index (χ3n) is 4.46. The molecule has 0 spiro atoms. The van der Waals surface area contributed by atoms with Crippen LogP contribution in [0.5, 0.6) is 0 Å². The van der Waals surface area contributed by atoms with Gasteiger partial charge in [0, 0.05) is 11.7 Å². The topological polar surface area (TPSA) is 43.8 Å². The fraction of sp³-hybridized carbons (Fsp3) is 0.800. The second kappa shape index (κ2) is 5.87. The first-order valence-corrected chi connectivity index (χ1v) is 7.52. The van der Waals surface area contributed by atoms with E-state index in [1.54, 1.807) is 0 Å². The molecule has 1 saturated carbocycles. The van der Waals surface area contributed by atoms with Crippen LogP contribution in [0.15, 0.2) is 6.07 Å². The van der Waals surface area contributed by atoms with E-state index >= 15 is 0 Å². The van der Waals surface area contributed by atoms with Crippen LogP contribution in [0.1, 0.15) is 63.9 Å². The molecule has 3 unspecified atom stereocenters. The third kappa shape index (κ3) is 2.61. The number of aryl methyl sites for hydroxylation is 2. The highest BCUT2D eigenvalue weighted by molar-refractivity contribution is 5.12. The third-order valence-corrected chi connectivity index (χ3v) is 4.46. The largest absolute Gasteiger partial charge is 0.326 e. The van der Waals surface area contributed by atoms with Crippen LogP contribution < -0.4 is 5.73 Å². The molecule has 0 amide bonds. The van der Waals surface area contributed by atoms with Crippen LogP contribution >= 0.6 is 0 Å². The van der Waals surface area contributed by atoms with E-state index in [-0.39, 0.29) is 6.04 Å². The molecule has 3 nitrogen and oxygen atoms in total. The standard InChI is InChI=1S/C15H27N3/c1-4-11-7-8-14(16)15(9-11)18-13(6-3)10-12(5-2)17-18/h10-11,14-15H,4-9,16H2,1-3H3. The van der Waals surface area contributed by atoms with Gasteiger partial charge in [0.15, 0.2) is 0 Å². The summed E-state index contributed by atoms with van der Waals surface area (Å²) in [5.41, 5.74) is 8.90. The van der Waals surface area contributed by atoms with Crippen molar-refractivity contribution in [3.63, 3.8) is 0 Å². The molecule has 18 heavy (non-hydrogen) atoms. The van der Waals surface area contributed by atoms with Crippen molar-refractivity contribution in [3.05, 3.63) is 17.5 Å². The molecular formula is C15H27N3. The molecular weight excluding hydrogens is 222 g/mol. The zero-order valence-electron chi connectivity index (χ0n) is 12.0. The second-order valence-electron chi connectivity index (χ2n) is 5.60. The minimum atomic E-state index is 0.280. The number of nitrogens with zero attached hydrogens (tertiary/aromatic N) is 2. The highest BCUT2D eigenvalue weighted by atomic mass is 15.3. The maximum Gasteiger partial charge on any atom is 0.0675 e. The van der Waals surface area contributed by atoms with E-state index in [0.717, 1.165) is 25.2 Å². The molecule has 1 aromatic rings. The van der Waals surface area contributed by atoms with E-state index in [1.807, 2.05) is 0 Å². The van der Waals surface area contributed by atoms with E-state index < -0.39 is 0 Å². The van der Waals surface area contributed by atoms with Gasteiger partial charge in [-0.25, -0.2) is 0 Å². The van der Waals surface area contributed by atoms with E-state index in [1.165, 1.54) is 30.7 Å². The Labute approximate surface area is 111 Å². The molecule has 0 saturated heterocycles. The molecule has 2 rings (SSSR count). The number of aromatic nitrogens is 2. The summed E-state index contributed by atoms with van der Waals surface area (Å²) in [6, 6.07) is 2.95. The maximum atomic E-state index is 6.34. The quantitative estimate of drug-likeness (QED) is 0.891. The minimum absolute atomic E-state index is 0.280. The Morgan fingerprint density at radius 1 is 1.28 bits per heavy atom. The van der Waals surface area contributed by atoms with Crippen molar-refractivity contribution in [2.75, 3.05) is 0 Å². The lowest BCUT2D eigenvalue weighted by molar-refractivity contribution is 0.213. The van der Waals surface area contributed by atoms with Crippen molar-refractivity contribution in [1.29, 1.82) is 0 Å². The van der Waals surface area contributed by atoms with Crippen LogP contribution in [-0.4, -0.2) is 15.8 Å². The predicted molar refractivity (Wildman–Crippen MR) is 75.6 cm³/mol. The molecule has 1 aliphatic carbocycles. The van der Waals surface area contributed by atoms with E-state index in [9.17, 15) is 0 Å². The molecule has 0 bridgehead atoms. The fourth-order valence-electron chi connectivity index (χ4n) is 3.12. The highest BCUT2D eigenvalue weighted by Crippen LogP contribution is 2.34. The molecule has 1 heterocycles. The van der Waals surface area contributed by atoms with Crippen molar-refractivity contribution in [2.45, 2.75) is 71.4 Å². The molecule has 0 aromatic carbocycles. The van der Waals surface area contributed by atoms with Gasteiger partial charge in [-0.2, -0.15) is 5.10 Å². The molecule has 1 aliphatic rings. The van der Waals surface area contributed by atoms with Crippen LogP contribution in [-0.2, 0) is 12.8 Å². The summed E-state index contributed by atoms with van der Waals surface area (Å²) in [5.74, 6) is 0.828. The summed E-state index contributed by atoms with van der Waals surface area (Å²) >= 11 is 0. The van der Waals surface area contributed by atoms with E-state index in [2.05, 4.69) is 31.5 Å². The molecule has 1 fully saturated rings. The Hall–Kier alpha value is -0.830. The van der Waals surface area contributed by atoms with Crippen LogP contribution in [0.3, 0.4) is 0 Å². The van der Waals surface area contributed by atoms with Gasteiger partial charge in [0.25, 0.3) is 0 Å². The molecule has 0 aliphatic heterocycles. The van der Waals surface area contributed by atoms with E-state index in [0.29, 0.717) is 6.04 Å². The van der Waals surface area contributed by atoms with Gasteiger partial charge in [-0.05, 0) is 44.1 Å². The maximum absolute atomic E-state index is 6.34. The average Bonchev–Trinajstić information content (AvgIpc) is 2.82. The van der Waals surface area contributed by atoms with Gasteiger partial charge < -0.3 is 5.73 Å². The molecule has 102 valence electrons. The fourth-order valence-corrected chi connectivity index (χ4v) is 3.12. The monoisotopic (exact) mass is 249 g/mol. The Balaban J connectivity index is 2.24. The molecule has 2 N–H and O–H groups in total. The smallest absolute Gasteiger partial charge is 0.0675 e. The summed E-state index contributed by atoms with van der Waals surface area (Å²) < 4.78 is 2.24. The first kappa shape index (κ1) is 13.6. The Bertz CT molecular complexity index is 383. The van der Waals surface area contributed by atoms with Crippen LogP contribution in [0.2, 0.25) is 0 Å². The zero-order valence-corrected chi connectivity index (χ0v) is 12.0.